The maximum Gasteiger partial charge on any atom is 0.304 e. The van der Waals surface area contributed by atoms with Gasteiger partial charge in [-0.1, -0.05) is 6.07 Å². The summed E-state index contributed by atoms with van der Waals surface area (Å²) in [5.41, 5.74) is 1.48. The van der Waals surface area contributed by atoms with Gasteiger partial charge in [0, 0.05) is 28.9 Å². The zero-order chi connectivity index (χ0) is 14.7. The lowest BCUT2D eigenvalue weighted by Gasteiger charge is -2.04. The molecule has 106 valence electrons. The van der Waals surface area contributed by atoms with E-state index in [0.29, 0.717) is 18.7 Å². The molecule has 0 saturated heterocycles. The number of nitrogens with zero attached hydrogens (tertiary/aromatic N) is 1. The molecule has 0 bridgehead atoms. The third-order valence-electron chi connectivity index (χ3n) is 3.05. The minimum Gasteiger partial charge on any atom is -0.308 e. The Kier molecular flexibility index (Phi) is 4.46. The molecule has 0 atom stereocenters. The molecule has 4 nitrogen and oxygen atoms in total. The molecule has 0 radical (unpaired) electrons. The second kappa shape index (κ2) is 6.11. The van der Waals surface area contributed by atoms with Crippen molar-refractivity contribution in [3.8, 4) is 0 Å². The fourth-order valence-corrected chi connectivity index (χ4v) is 2.90. The SMILES string of the molecule is Cc1cc(CNCc2ccc([N+](=O)[O-])c(F)c2)sc1C. The largest absolute Gasteiger partial charge is 0.308 e. The van der Waals surface area contributed by atoms with Crippen LogP contribution in [0.3, 0.4) is 0 Å². The molecular weight excluding hydrogens is 279 g/mol. The highest BCUT2D eigenvalue weighted by Gasteiger charge is 2.13. The standard InChI is InChI=1S/C14H15FN2O2S/c1-9-5-12(20-10(9)2)8-16-7-11-3-4-14(17(18)19)13(15)6-11/h3-6,16H,7-8H2,1-2H3. The first-order chi connectivity index (χ1) is 9.47. The van der Waals surface area contributed by atoms with Crippen molar-refractivity contribution < 1.29 is 9.31 Å². The lowest BCUT2D eigenvalue weighted by Crippen LogP contribution is -2.12. The van der Waals surface area contributed by atoms with Crippen molar-refractivity contribution in [1.29, 1.82) is 0 Å². The number of nitrogens with one attached hydrogen (secondary N) is 1. The zero-order valence-electron chi connectivity index (χ0n) is 11.3. The molecule has 0 fully saturated rings. The van der Waals surface area contributed by atoms with Crippen LogP contribution < -0.4 is 5.32 Å². The third-order valence-corrected chi connectivity index (χ3v) is 4.21. The number of rotatable bonds is 5. The summed E-state index contributed by atoms with van der Waals surface area (Å²) in [7, 11) is 0. The number of nitro benzene ring substituents is 1. The maximum atomic E-state index is 13.4. The van der Waals surface area contributed by atoms with E-state index in [-0.39, 0.29) is 0 Å². The van der Waals surface area contributed by atoms with Crippen LogP contribution in [0, 0.1) is 29.8 Å². The van der Waals surface area contributed by atoms with Gasteiger partial charge in [0.05, 0.1) is 4.92 Å². The fourth-order valence-electron chi connectivity index (χ4n) is 1.88. The summed E-state index contributed by atoms with van der Waals surface area (Å²) in [6.07, 6.45) is 0. The van der Waals surface area contributed by atoms with E-state index in [2.05, 4.69) is 25.2 Å². The van der Waals surface area contributed by atoms with Crippen LogP contribution in [0.1, 0.15) is 20.9 Å². The van der Waals surface area contributed by atoms with E-state index in [1.807, 2.05) is 0 Å². The number of thiophene rings is 1. The van der Waals surface area contributed by atoms with Crippen molar-refractivity contribution >= 4 is 17.0 Å². The molecule has 0 unspecified atom stereocenters. The topological polar surface area (TPSA) is 55.2 Å². The number of halogens is 1. The Morgan fingerprint density at radius 3 is 2.60 bits per heavy atom. The van der Waals surface area contributed by atoms with E-state index in [9.17, 15) is 14.5 Å². The summed E-state index contributed by atoms with van der Waals surface area (Å²) < 4.78 is 13.4. The quantitative estimate of drug-likeness (QED) is 0.675. The Labute approximate surface area is 120 Å². The molecule has 0 aliphatic rings. The molecule has 2 rings (SSSR count). The highest BCUT2D eigenvalue weighted by molar-refractivity contribution is 7.12. The van der Waals surface area contributed by atoms with Crippen LogP contribution in [0.5, 0.6) is 0 Å². The Balaban J connectivity index is 1.94. The van der Waals surface area contributed by atoms with Gasteiger partial charge >= 0.3 is 5.69 Å². The normalized spacial score (nSPS) is 10.8. The highest BCUT2D eigenvalue weighted by atomic mass is 32.1. The second-order valence-electron chi connectivity index (χ2n) is 4.60. The first-order valence-electron chi connectivity index (χ1n) is 6.17. The fraction of sp³-hybridized carbons (Fsp3) is 0.286. The van der Waals surface area contributed by atoms with E-state index in [1.165, 1.54) is 27.5 Å². The summed E-state index contributed by atoms with van der Waals surface area (Å²) in [4.78, 5) is 12.3. The van der Waals surface area contributed by atoms with Crippen molar-refractivity contribution in [2.75, 3.05) is 0 Å². The molecule has 2 aromatic rings. The van der Waals surface area contributed by atoms with Gasteiger partial charge in [0.15, 0.2) is 0 Å². The summed E-state index contributed by atoms with van der Waals surface area (Å²) in [6.45, 7) is 5.33. The molecule has 6 heteroatoms. The van der Waals surface area contributed by atoms with Crippen LogP contribution in [0.25, 0.3) is 0 Å². The molecule has 1 N–H and O–H groups in total. The average Bonchev–Trinajstić information content (AvgIpc) is 2.68. The molecule has 0 aliphatic heterocycles. The first kappa shape index (κ1) is 14.6. The second-order valence-corrected chi connectivity index (χ2v) is 5.94. The molecule has 1 aromatic carbocycles. The van der Waals surface area contributed by atoms with Gasteiger partial charge in [0.2, 0.25) is 5.82 Å². The maximum absolute atomic E-state index is 13.4. The Bertz CT molecular complexity index is 621. The third kappa shape index (κ3) is 3.40. The van der Waals surface area contributed by atoms with Crippen LogP contribution >= 0.6 is 11.3 Å². The van der Waals surface area contributed by atoms with Gasteiger partial charge in [0.25, 0.3) is 0 Å². The van der Waals surface area contributed by atoms with Crippen LogP contribution in [0.15, 0.2) is 24.3 Å². The molecule has 0 saturated carbocycles. The van der Waals surface area contributed by atoms with Crippen LogP contribution in [-0.4, -0.2) is 4.92 Å². The minimum absolute atomic E-state index is 0.477. The molecule has 1 aromatic heterocycles. The Hall–Kier alpha value is -1.79. The summed E-state index contributed by atoms with van der Waals surface area (Å²) in [5, 5.41) is 13.7. The predicted octanol–water partition coefficient (Wildman–Crippen LogP) is 3.70. The van der Waals surface area contributed by atoms with Gasteiger partial charge in [0.1, 0.15) is 0 Å². The van der Waals surface area contributed by atoms with Crippen molar-refractivity contribution in [3.05, 3.63) is 61.1 Å². The smallest absolute Gasteiger partial charge is 0.304 e. The molecule has 0 amide bonds. The molecule has 1 heterocycles. The van der Waals surface area contributed by atoms with E-state index < -0.39 is 16.4 Å². The van der Waals surface area contributed by atoms with E-state index in [4.69, 9.17) is 0 Å². The van der Waals surface area contributed by atoms with Crippen molar-refractivity contribution in [2.45, 2.75) is 26.9 Å². The van der Waals surface area contributed by atoms with Crippen molar-refractivity contribution in [2.24, 2.45) is 0 Å². The van der Waals surface area contributed by atoms with Gasteiger partial charge < -0.3 is 5.32 Å². The zero-order valence-corrected chi connectivity index (χ0v) is 12.1. The minimum atomic E-state index is -0.794. The summed E-state index contributed by atoms with van der Waals surface area (Å²) in [5.74, 6) is -0.794. The van der Waals surface area contributed by atoms with Gasteiger partial charge in [-0.25, -0.2) is 0 Å². The lowest BCUT2D eigenvalue weighted by molar-refractivity contribution is -0.387. The number of benzene rings is 1. The molecule has 20 heavy (non-hydrogen) atoms. The summed E-state index contributed by atoms with van der Waals surface area (Å²) in [6, 6.07) is 6.10. The lowest BCUT2D eigenvalue weighted by atomic mass is 10.2. The van der Waals surface area contributed by atoms with Gasteiger partial charge in [-0.2, -0.15) is 4.39 Å². The monoisotopic (exact) mass is 294 g/mol. The van der Waals surface area contributed by atoms with Crippen LogP contribution in [0.4, 0.5) is 10.1 Å². The summed E-state index contributed by atoms with van der Waals surface area (Å²) >= 11 is 1.73. The van der Waals surface area contributed by atoms with Crippen molar-refractivity contribution in [3.63, 3.8) is 0 Å². The van der Waals surface area contributed by atoms with Crippen LogP contribution in [0.2, 0.25) is 0 Å². The van der Waals surface area contributed by atoms with Crippen LogP contribution in [-0.2, 0) is 13.1 Å². The number of nitro groups is 1. The molecule has 0 spiro atoms. The Morgan fingerprint density at radius 1 is 1.30 bits per heavy atom. The van der Waals surface area contributed by atoms with Gasteiger partial charge in [-0.3, -0.25) is 10.1 Å². The highest BCUT2D eigenvalue weighted by Crippen LogP contribution is 2.21. The molecule has 0 aliphatic carbocycles. The van der Waals surface area contributed by atoms with E-state index in [1.54, 1.807) is 17.4 Å². The van der Waals surface area contributed by atoms with Gasteiger partial charge in [-0.15, -0.1) is 11.3 Å². The van der Waals surface area contributed by atoms with E-state index >= 15 is 0 Å². The van der Waals surface area contributed by atoms with E-state index in [0.717, 1.165) is 0 Å². The Morgan fingerprint density at radius 2 is 2.05 bits per heavy atom. The van der Waals surface area contributed by atoms with Crippen molar-refractivity contribution in [1.82, 2.24) is 5.32 Å². The van der Waals surface area contributed by atoms with Gasteiger partial charge in [-0.05, 0) is 37.1 Å². The average molecular weight is 294 g/mol. The number of hydrogen-bond acceptors (Lipinski definition) is 4. The number of hydrogen-bond donors (Lipinski definition) is 1. The number of aryl methyl sites for hydroxylation is 2. The molecular formula is C14H15FN2O2S. The first-order valence-corrected chi connectivity index (χ1v) is 6.98. The predicted molar refractivity (Wildman–Crippen MR) is 77.4 cm³/mol.